The van der Waals surface area contributed by atoms with E-state index in [2.05, 4.69) is 39.0 Å². The van der Waals surface area contributed by atoms with E-state index in [1.807, 2.05) is 0 Å². The second kappa shape index (κ2) is 23.0. The van der Waals surface area contributed by atoms with E-state index >= 15 is 0 Å². The van der Waals surface area contributed by atoms with Gasteiger partial charge in [-0.3, -0.25) is 0 Å². The highest BCUT2D eigenvalue weighted by Crippen LogP contribution is 2.18. The monoisotopic (exact) mass is 456 g/mol. The quantitative estimate of drug-likeness (QED) is 0.136. The van der Waals surface area contributed by atoms with Gasteiger partial charge in [0.25, 0.3) is 0 Å². The van der Waals surface area contributed by atoms with Gasteiger partial charge in [0.1, 0.15) is 0 Å². The number of aryl methyl sites for hydroxylation is 3. The maximum absolute atomic E-state index is 2.51. The number of hydrogen-bond acceptors (Lipinski definition) is 0. The SMILES string of the molecule is CCCCCCCCCCCCCc1cc(C)cc(CCCCCCCCCCCCC)c1. The Balaban J connectivity index is 2.02. The van der Waals surface area contributed by atoms with Gasteiger partial charge in [-0.05, 0) is 43.7 Å². The number of rotatable bonds is 24. The Bertz CT molecular complexity index is 485. The minimum atomic E-state index is 1.28. The lowest BCUT2D eigenvalue weighted by Gasteiger charge is -2.09. The highest BCUT2D eigenvalue weighted by Gasteiger charge is 2.01. The first kappa shape index (κ1) is 30.3. The molecule has 0 saturated carbocycles. The van der Waals surface area contributed by atoms with Crippen LogP contribution in [0.25, 0.3) is 0 Å². The van der Waals surface area contributed by atoms with Gasteiger partial charge in [-0.1, -0.05) is 166 Å². The van der Waals surface area contributed by atoms with E-state index in [9.17, 15) is 0 Å². The van der Waals surface area contributed by atoms with E-state index < -0.39 is 0 Å². The third-order valence-electron chi connectivity index (χ3n) is 7.33. The van der Waals surface area contributed by atoms with Gasteiger partial charge in [-0.2, -0.15) is 0 Å². The van der Waals surface area contributed by atoms with Crippen molar-refractivity contribution >= 4 is 0 Å². The molecule has 1 aromatic carbocycles. The van der Waals surface area contributed by atoms with Gasteiger partial charge in [0.2, 0.25) is 0 Å². The maximum atomic E-state index is 2.51. The molecule has 0 heterocycles. The number of unbranched alkanes of at least 4 members (excludes halogenated alkanes) is 20. The maximum Gasteiger partial charge on any atom is -0.0279 e. The zero-order chi connectivity index (χ0) is 23.8. The van der Waals surface area contributed by atoms with Crippen molar-refractivity contribution in [1.29, 1.82) is 0 Å². The van der Waals surface area contributed by atoms with Crippen LogP contribution in [-0.2, 0) is 12.8 Å². The highest BCUT2D eigenvalue weighted by atomic mass is 14.1. The molecule has 0 unspecified atom stereocenters. The first-order valence-electron chi connectivity index (χ1n) is 15.4. The third kappa shape index (κ3) is 19.2. The molecule has 0 nitrogen and oxygen atoms in total. The lowest BCUT2D eigenvalue weighted by atomic mass is 9.97. The Kier molecular flexibility index (Phi) is 21.1. The lowest BCUT2D eigenvalue weighted by molar-refractivity contribution is 0.549. The summed E-state index contributed by atoms with van der Waals surface area (Å²) in [5, 5.41) is 0. The molecular weight excluding hydrogens is 396 g/mol. The summed E-state index contributed by atoms with van der Waals surface area (Å²) in [6.45, 7) is 6.89. The molecule has 0 radical (unpaired) electrons. The van der Waals surface area contributed by atoms with Crippen molar-refractivity contribution in [1.82, 2.24) is 0 Å². The van der Waals surface area contributed by atoms with Gasteiger partial charge < -0.3 is 0 Å². The van der Waals surface area contributed by atoms with Crippen LogP contribution in [0.4, 0.5) is 0 Å². The minimum absolute atomic E-state index is 1.28. The Morgan fingerprint density at radius 3 is 0.939 bits per heavy atom. The molecule has 1 rings (SSSR count). The molecule has 0 aromatic heterocycles. The molecular formula is C33H60. The van der Waals surface area contributed by atoms with Crippen LogP contribution in [0, 0.1) is 6.92 Å². The van der Waals surface area contributed by atoms with Gasteiger partial charge >= 0.3 is 0 Å². The van der Waals surface area contributed by atoms with E-state index in [1.54, 1.807) is 11.1 Å². The second-order valence-electron chi connectivity index (χ2n) is 10.9. The van der Waals surface area contributed by atoms with Crippen molar-refractivity contribution in [2.45, 2.75) is 175 Å². The first-order valence-corrected chi connectivity index (χ1v) is 15.4. The Morgan fingerprint density at radius 1 is 0.364 bits per heavy atom. The van der Waals surface area contributed by atoms with Crippen LogP contribution in [0.1, 0.15) is 172 Å². The molecule has 0 bridgehead atoms. The van der Waals surface area contributed by atoms with Crippen LogP contribution >= 0.6 is 0 Å². The van der Waals surface area contributed by atoms with Crippen molar-refractivity contribution in [3.8, 4) is 0 Å². The van der Waals surface area contributed by atoms with E-state index in [1.165, 1.54) is 160 Å². The van der Waals surface area contributed by atoms with Crippen molar-refractivity contribution < 1.29 is 0 Å². The minimum Gasteiger partial charge on any atom is -0.0654 e. The summed E-state index contributed by atoms with van der Waals surface area (Å²) in [6, 6.07) is 7.38. The summed E-state index contributed by atoms with van der Waals surface area (Å²) in [5.74, 6) is 0. The van der Waals surface area contributed by atoms with Crippen LogP contribution in [-0.4, -0.2) is 0 Å². The molecule has 1 aromatic rings. The molecule has 0 spiro atoms. The predicted octanol–water partition coefficient (Wildman–Crippen LogP) is 11.7. The molecule has 192 valence electrons. The van der Waals surface area contributed by atoms with Crippen molar-refractivity contribution in [3.05, 3.63) is 34.9 Å². The van der Waals surface area contributed by atoms with Crippen molar-refractivity contribution in [2.75, 3.05) is 0 Å². The summed E-state index contributed by atoms with van der Waals surface area (Å²) >= 11 is 0. The van der Waals surface area contributed by atoms with Gasteiger partial charge in [-0.25, -0.2) is 0 Å². The molecule has 0 heteroatoms. The summed E-state index contributed by atoms with van der Waals surface area (Å²) in [7, 11) is 0. The Morgan fingerprint density at radius 2 is 0.636 bits per heavy atom. The van der Waals surface area contributed by atoms with Crippen LogP contribution in [0.3, 0.4) is 0 Å². The average Bonchev–Trinajstić information content (AvgIpc) is 2.80. The molecule has 0 saturated heterocycles. The number of hydrogen-bond donors (Lipinski definition) is 0. The fraction of sp³-hybridized carbons (Fsp3) is 0.818. The summed E-state index contributed by atoms with van der Waals surface area (Å²) < 4.78 is 0. The molecule has 0 atom stereocenters. The highest BCUT2D eigenvalue weighted by molar-refractivity contribution is 5.29. The Hall–Kier alpha value is -0.780. The van der Waals surface area contributed by atoms with Crippen molar-refractivity contribution in [3.63, 3.8) is 0 Å². The molecule has 0 fully saturated rings. The predicted molar refractivity (Wildman–Crippen MR) is 152 cm³/mol. The summed E-state index contributed by atoms with van der Waals surface area (Å²) in [5.41, 5.74) is 4.64. The molecule has 0 aliphatic carbocycles. The fourth-order valence-electron chi connectivity index (χ4n) is 5.22. The van der Waals surface area contributed by atoms with E-state index in [0.717, 1.165) is 0 Å². The average molecular weight is 457 g/mol. The van der Waals surface area contributed by atoms with Crippen LogP contribution in [0.15, 0.2) is 18.2 Å². The van der Waals surface area contributed by atoms with Gasteiger partial charge in [0.15, 0.2) is 0 Å². The largest absolute Gasteiger partial charge is 0.0654 e. The normalized spacial score (nSPS) is 11.4. The van der Waals surface area contributed by atoms with Gasteiger partial charge in [-0.15, -0.1) is 0 Å². The molecule has 0 amide bonds. The molecule has 0 aliphatic heterocycles. The summed E-state index contributed by atoms with van der Waals surface area (Å²) in [6.07, 6.45) is 34.1. The van der Waals surface area contributed by atoms with Crippen LogP contribution < -0.4 is 0 Å². The first-order chi connectivity index (χ1) is 16.3. The molecule has 0 N–H and O–H groups in total. The van der Waals surface area contributed by atoms with E-state index in [4.69, 9.17) is 0 Å². The van der Waals surface area contributed by atoms with Gasteiger partial charge in [0, 0.05) is 0 Å². The summed E-state index contributed by atoms with van der Waals surface area (Å²) in [4.78, 5) is 0. The molecule has 0 aliphatic rings. The van der Waals surface area contributed by atoms with E-state index in [-0.39, 0.29) is 0 Å². The van der Waals surface area contributed by atoms with Gasteiger partial charge in [0.05, 0.1) is 0 Å². The van der Waals surface area contributed by atoms with E-state index in [0.29, 0.717) is 0 Å². The topological polar surface area (TPSA) is 0 Å². The smallest absolute Gasteiger partial charge is 0.0279 e. The van der Waals surface area contributed by atoms with Crippen molar-refractivity contribution in [2.24, 2.45) is 0 Å². The standard InChI is InChI=1S/C33H60/c1-4-6-8-10-12-14-16-18-20-22-24-26-32-28-31(3)29-33(30-32)27-25-23-21-19-17-15-13-11-9-7-5-2/h28-30H,4-27H2,1-3H3. The zero-order valence-corrected chi connectivity index (χ0v) is 23.2. The fourth-order valence-corrected chi connectivity index (χ4v) is 5.22. The third-order valence-corrected chi connectivity index (χ3v) is 7.33. The molecule has 33 heavy (non-hydrogen) atoms. The second-order valence-corrected chi connectivity index (χ2v) is 10.9. The van der Waals surface area contributed by atoms with Crippen LogP contribution in [0.2, 0.25) is 0 Å². The number of benzene rings is 1. The van der Waals surface area contributed by atoms with Crippen LogP contribution in [0.5, 0.6) is 0 Å². The zero-order valence-electron chi connectivity index (χ0n) is 23.2. The lowest BCUT2D eigenvalue weighted by Crippen LogP contribution is -1.93. The Labute approximate surface area is 209 Å².